The summed E-state index contributed by atoms with van der Waals surface area (Å²) in [5.41, 5.74) is 2.16. The fraction of sp³-hybridized carbons (Fsp3) is 0.0556. The van der Waals surface area contributed by atoms with Gasteiger partial charge < -0.3 is 10.3 Å². The number of hydrogen-bond donors (Lipinski definition) is 2. The van der Waals surface area contributed by atoms with Gasteiger partial charge in [-0.25, -0.2) is 4.98 Å². The van der Waals surface area contributed by atoms with Gasteiger partial charge >= 0.3 is 0 Å². The molecule has 7 heteroatoms. The molecule has 0 bridgehead atoms. The number of aromatic amines is 1. The van der Waals surface area contributed by atoms with E-state index in [0.29, 0.717) is 21.7 Å². The first-order valence-electron chi connectivity index (χ1n) is 7.63. The largest absolute Gasteiger partial charge is 0.349 e. The van der Waals surface area contributed by atoms with E-state index in [1.807, 2.05) is 24.3 Å². The molecule has 4 aromatic rings. The number of aromatic nitrogens is 3. The van der Waals surface area contributed by atoms with Crippen molar-refractivity contribution >= 4 is 45.1 Å². The summed E-state index contributed by atoms with van der Waals surface area (Å²) in [6.07, 6.45) is 1.40. The normalized spacial score (nSPS) is 11.1. The molecule has 124 valence electrons. The zero-order chi connectivity index (χ0) is 17.4. The second-order valence-electron chi connectivity index (χ2n) is 5.63. The first kappa shape index (κ1) is 15.4. The Balaban J connectivity index is 1.64. The molecule has 6 nitrogen and oxygen atoms in total. The molecule has 0 spiro atoms. The number of para-hydroxylation sites is 1. The number of rotatable bonds is 3. The molecule has 2 heterocycles. The first-order valence-corrected chi connectivity index (χ1v) is 8.01. The average Bonchev–Trinajstić information content (AvgIpc) is 2.99. The molecule has 0 atom stereocenters. The van der Waals surface area contributed by atoms with Crippen molar-refractivity contribution in [2.45, 2.75) is 6.54 Å². The van der Waals surface area contributed by atoms with Crippen molar-refractivity contribution in [3.63, 3.8) is 0 Å². The third-order valence-corrected chi connectivity index (χ3v) is 4.17. The molecule has 0 fully saturated rings. The van der Waals surface area contributed by atoms with Gasteiger partial charge in [0.1, 0.15) is 17.6 Å². The van der Waals surface area contributed by atoms with Crippen LogP contribution in [0.5, 0.6) is 0 Å². The van der Waals surface area contributed by atoms with Crippen molar-refractivity contribution in [1.29, 1.82) is 0 Å². The van der Waals surface area contributed by atoms with Crippen LogP contribution in [0.15, 0.2) is 59.7 Å². The zero-order valence-electron chi connectivity index (χ0n) is 13.0. The van der Waals surface area contributed by atoms with Crippen LogP contribution in [-0.4, -0.2) is 20.4 Å². The Morgan fingerprint density at radius 2 is 1.92 bits per heavy atom. The molecule has 4 rings (SSSR count). The Morgan fingerprint density at radius 1 is 1.16 bits per heavy atom. The highest BCUT2D eigenvalue weighted by molar-refractivity contribution is 6.30. The summed E-state index contributed by atoms with van der Waals surface area (Å²) in [4.78, 5) is 32.2. The third-order valence-electron chi connectivity index (χ3n) is 3.92. The molecule has 0 aliphatic carbocycles. The second kappa shape index (κ2) is 6.07. The van der Waals surface area contributed by atoms with E-state index in [2.05, 4.69) is 15.3 Å². The Kier molecular flexibility index (Phi) is 3.74. The molecule has 0 saturated heterocycles. The van der Waals surface area contributed by atoms with Gasteiger partial charge in [-0.3, -0.25) is 14.2 Å². The highest BCUT2D eigenvalue weighted by Gasteiger charge is 2.12. The maximum absolute atomic E-state index is 12.6. The highest BCUT2D eigenvalue weighted by Crippen LogP contribution is 2.20. The van der Waals surface area contributed by atoms with Crippen molar-refractivity contribution in [2.75, 3.05) is 5.32 Å². The van der Waals surface area contributed by atoms with Crippen molar-refractivity contribution in [2.24, 2.45) is 0 Å². The van der Waals surface area contributed by atoms with Crippen LogP contribution < -0.4 is 10.9 Å². The fourth-order valence-corrected chi connectivity index (χ4v) is 2.87. The van der Waals surface area contributed by atoms with Gasteiger partial charge in [0, 0.05) is 21.6 Å². The van der Waals surface area contributed by atoms with Crippen molar-refractivity contribution < 1.29 is 4.79 Å². The first-order chi connectivity index (χ1) is 12.1. The van der Waals surface area contributed by atoms with Gasteiger partial charge in [-0.1, -0.05) is 29.8 Å². The zero-order valence-corrected chi connectivity index (χ0v) is 13.7. The number of halogens is 1. The van der Waals surface area contributed by atoms with E-state index in [1.165, 1.54) is 10.9 Å². The average molecular weight is 353 g/mol. The fourth-order valence-electron chi connectivity index (χ4n) is 2.74. The molecule has 0 aliphatic rings. The van der Waals surface area contributed by atoms with Crippen LogP contribution in [0.25, 0.3) is 21.9 Å². The number of H-pyrrole nitrogens is 1. The summed E-state index contributed by atoms with van der Waals surface area (Å²) >= 11 is 5.82. The molecule has 0 aliphatic heterocycles. The van der Waals surface area contributed by atoms with E-state index >= 15 is 0 Å². The second-order valence-corrected chi connectivity index (χ2v) is 6.06. The molecule has 2 N–H and O–H groups in total. The van der Waals surface area contributed by atoms with Gasteiger partial charge in [0.25, 0.3) is 5.56 Å². The summed E-state index contributed by atoms with van der Waals surface area (Å²) in [7, 11) is 0. The van der Waals surface area contributed by atoms with Gasteiger partial charge in [-0.2, -0.15) is 0 Å². The summed E-state index contributed by atoms with van der Waals surface area (Å²) in [6, 6.07) is 14.3. The van der Waals surface area contributed by atoms with E-state index < -0.39 is 0 Å². The standard InChI is InChI=1S/C18H13ClN4O2/c19-11-5-7-12(8-6-11)21-15(24)9-23-10-20-16-13-3-1-2-4-14(13)22-17(16)18(23)25/h1-8,10,22H,9H2,(H,21,24). The van der Waals surface area contributed by atoms with E-state index in [-0.39, 0.29) is 18.0 Å². The molecule has 0 unspecified atom stereocenters. The SMILES string of the molecule is O=C(Cn1cnc2c([nH]c3ccccc32)c1=O)Nc1ccc(Cl)cc1. The van der Waals surface area contributed by atoms with Crippen molar-refractivity contribution in [3.8, 4) is 0 Å². The number of carbonyl (C=O) groups is 1. The third kappa shape index (κ3) is 2.88. The molecule has 1 amide bonds. The van der Waals surface area contributed by atoms with Gasteiger partial charge in [0.05, 0.1) is 6.33 Å². The molecule has 2 aromatic carbocycles. The van der Waals surface area contributed by atoms with E-state index in [9.17, 15) is 9.59 Å². The molecule has 2 aromatic heterocycles. The van der Waals surface area contributed by atoms with Crippen LogP contribution in [0, 0.1) is 0 Å². The molecule has 0 saturated carbocycles. The lowest BCUT2D eigenvalue weighted by Crippen LogP contribution is -2.27. The lowest BCUT2D eigenvalue weighted by atomic mass is 10.2. The van der Waals surface area contributed by atoms with E-state index in [0.717, 1.165) is 10.9 Å². The van der Waals surface area contributed by atoms with Crippen LogP contribution in [0.1, 0.15) is 0 Å². The molecule has 25 heavy (non-hydrogen) atoms. The topological polar surface area (TPSA) is 79.8 Å². The number of anilines is 1. The predicted molar refractivity (Wildman–Crippen MR) is 97.9 cm³/mol. The van der Waals surface area contributed by atoms with Gasteiger partial charge in [0.15, 0.2) is 0 Å². The maximum atomic E-state index is 12.6. The van der Waals surface area contributed by atoms with Crippen LogP contribution >= 0.6 is 11.6 Å². The lowest BCUT2D eigenvalue weighted by Gasteiger charge is -2.07. The smallest absolute Gasteiger partial charge is 0.278 e. The predicted octanol–water partition coefficient (Wildman–Crippen LogP) is 3.17. The van der Waals surface area contributed by atoms with E-state index in [4.69, 9.17) is 11.6 Å². The van der Waals surface area contributed by atoms with Crippen LogP contribution in [0.2, 0.25) is 5.02 Å². The number of nitrogens with zero attached hydrogens (tertiary/aromatic N) is 2. The number of hydrogen-bond acceptors (Lipinski definition) is 3. The van der Waals surface area contributed by atoms with Gasteiger partial charge in [-0.15, -0.1) is 0 Å². The summed E-state index contributed by atoms with van der Waals surface area (Å²) in [5, 5.41) is 4.19. The summed E-state index contributed by atoms with van der Waals surface area (Å²) < 4.78 is 1.28. The minimum atomic E-state index is -0.318. The van der Waals surface area contributed by atoms with E-state index in [1.54, 1.807) is 24.3 Å². The Hall–Kier alpha value is -3.12. The van der Waals surface area contributed by atoms with Gasteiger partial charge in [-0.05, 0) is 30.3 Å². The Labute approximate surface area is 147 Å². The minimum Gasteiger partial charge on any atom is -0.349 e. The van der Waals surface area contributed by atoms with Crippen molar-refractivity contribution in [3.05, 3.63) is 70.2 Å². The number of amides is 1. The quantitative estimate of drug-likeness (QED) is 0.594. The lowest BCUT2D eigenvalue weighted by molar-refractivity contribution is -0.116. The monoisotopic (exact) mass is 352 g/mol. The summed E-state index contributed by atoms with van der Waals surface area (Å²) in [5.74, 6) is -0.318. The van der Waals surface area contributed by atoms with Crippen LogP contribution in [0.4, 0.5) is 5.69 Å². The molecular formula is C18H13ClN4O2. The maximum Gasteiger partial charge on any atom is 0.278 e. The Bertz CT molecular complexity index is 1150. The van der Waals surface area contributed by atoms with Crippen molar-refractivity contribution in [1.82, 2.24) is 14.5 Å². The van der Waals surface area contributed by atoms with Crippen LogP contribution in [0.3, 0.4) is 0 Å². The highest BCUT2D eigenvalue weighted by atomic mass is 35.5. The number of carbonyl (C=O) groups excluding carboxylic acids is 1. The number of fused-ring (bicyclic) bond motifs is 3. The van der Waals surface area contributed by atoms with Gasteiger partial charge in [0.2, 0.25) is 5.91 Å². The number of benzene rings is 2. The minimum absolute atomic E-state index is 0.125. The molecular weight excluding hydrogens is 340 g/mol. The summed E-state index contributed by atoms with van der Waals surface area (Å²) in [6.45, 7) is -0.125. The Morgan fingerprint density at radius 3 is 2.72 bits per heavy atom. The van der Waals surface area contributed by atoms with Crippen LogP contribution in [-0.2, 0) is 11.3 Å². The molecule has 0 radical (unpaired) electrons. The number of nitrogens with one attached hydrogen (secondary N) is 2.